The minimum Gasteiger partial charge on any atom is -0.382 e. The number of hydrogen-bond donors (Lipinski definition) is 0. The van der Waals surface area contributed by atoms with E-state index in [1.807, 2.05) is 0 Å². The Morgan fingerprint density at radius 1 is 0.920 bits per heavy atom. The third kappa shape index (κ3) is 10.6. The SMILES string of the molecule is COCCOCCOCCOCCOC1CN(OC(=O)C(F)(F)F)C1. The molecule has 0 N–H and O–H groups in total. The van der Waals surface area contributed by atoms with Crippen LogP contribution in [0.2, 0.25) is 0 Å². The van der Waals surface area contributed by atoms with Gasteiger partial charge in [0.2, 0.25) is 0 Å². The molecule has 0 bridgehead atoms. The largest absolute Gasteiger partial charge is 0.492 e. The summed E-state index contributed by atoms with van der Waals surface area (Å²) < 4.78 is 61.8. The monoisotopic (exact) mass is 375 g/mol. The zero-order chi connectivity index (χ0) is 18.5. The molecule has 0 unspecified atom stereocenters. The highest BCUT2D eigenvalue weighted by molar-refractivity contribution is 5.75. The third-order valence-electron chi connectivity index (χ3n) is 3.02. The van der Waals surface area contributed by atoms with Crippen LogP contribution in [0.4, 0.5) is 13.2 Å². The average Bonchev–Trinajstić information content (AvgIpc) is 2.51. The summed E-state index contributed by atoms with van der Waals surface area (Å²) in [5.74, 6) is -2.22. The first-order valence-corrected chi connectivity index (χ1v) is 7.81. The quantitative estimate of drug-likeness (QED) is 0.404. The Hall–Kier alpha value is -0.980. The Kier molecular flexibility index (Phi) is 10.9. The van der Waals surface area contributed by atoms with Crippen LogP contribution in [0, 0.1) is 0 Å². The second-order valence-corrected chi connectivity index (χ2v) is 5.05. The Morgan fingerprint density at radius 3 is 1.88 bits per heavy atom. The molecule has 0 radical (unpaired) electrons. The minimum absolute atomic E-state index is 0.105. The number of halogens is 3. The zero-order valence-electron chi connectivity index (χ0n) is 14.1. The fourth-order valence-electron chi connectivity index (χ4n) is 1.71. The number of carbonyl (C=O) groups is 1. The Bertz CT molecular complexity index is 365. The molecule has 1 saturated heterocycles. The fraction of sp³-hybridized carbons (Fsp3) is 0.929. The summed E-state index contributed by atoms with van der Waals surface area (Å²) in [7, 11) is 1.60. The molecule has 1 aliphatic heterocycles. The van der Waals surface area contributed by atoms with Crippen molar-refractivity contribution in [2.75, 3.05) is 73.1 Å². The van der Waals surface area contributed by atoms with Crippen LogP contribution in [0.5, 0.6) is 0 Å². The highest BCUT2D eigenvalue weighted by atomic mass is 19.4. The molecule has 1 fully saturated rings. The van der Waals surface area contributed by atoms with Gasteiger partial charge in [0.1, 0.15) is 0 Å². The standard InChI is InChI=1S/C14H24F3NO7/c1-20-2-3-21-4-5-22-6-7-23-8-9-24-12-10-18(11-12)25-13(19)14(15,16)17/h12H,2-11H2,1H3. The van der Waals surface area contributed by atoms with Crippen LogP contribution in [0.25, 0.3) is 0 Å². The van der Waals surface area contributed by atoms with Crippen molar-refractivity contribution in [3.63, 3.8) is 0 Å². The summed E-state index contributed by atoms with van der Waals surface area (Å²) in [6, 6.07) is 0. The van der Waals surface area contributed by atoms with Gasteiger partial charge in [-0.1, -0.05) is 0 Å². The lowest BCUT2D eigenvalue weighted by Crippen LogP contribution is -2.54. The normalized spacial score (nSPS) is 16.0. The van der Waals surface area contributed by atoms with E-state index in [1.165, 1.54) is 0 Å². The molecule has 0 amide bonds. The number of hydroxylamine groups is 2. The van der Waals surface area contributed by atoms with E-state index < -0.39 is 12.1 Å². The maximum absolute atomic E-state index is 12.0. The van der Waals surface area contributed by atoms with Crippen molar-refractivity contribution in [1.29, 1.82) is 0 Å². The molecule has 0 atom stereocenters. The smallest absolute Gasteiger partial charge is 0.382 e. The van der Waals surface area contributed by atoms with Crippen molar-refractivity contribution in [2.24, 2.45) is 0 Å². The summed E-state index contributed by atoms with van der Waals surface area (Å²) >= 11 is 0. The molecule has 0 saturated carbocycles. The highest BCUT2D eigenvalue weighted by Crippen LogP contribution is 2.20. The van der Waals surface area contributed by atoms with Crippen LogP contribution in [0.15, 0.2) is 0 Å². The summed E-state index contributed by atoms with van der Waals surface area (Å²) in [4.78, 5) is 14.7. The van der Waals surface area contributed by atoms with E-state index in [1.54, 1.807) is 7.11 Å². The van der Waals surface area contributed by atoms with Crippen molar-refractivity contribution in [3.05, 3.63) is 0 Å². The van der Waals surface area contributed by atoms with Crippen molar-refractivity contribution in [1.82, 2.24) is 5.06 Å². The summed E-state index contributed by atoms with van der Waals surface area (Å²) in [5.41, 5.74) is 0. The van der Waals surface area contributed by atoms with Crippen LogP contribution in [0.1, 0.15) is 0 Å². The van der Waals surface area contributed by atoms with Gasteiger partial charge in [0, 0.05) is 7.11 Å². The van der Waals surface area contributed by atoms with Gasteiger partial charge in [-0.2, -0.15) is 13.2 Å². The molecular weight excluding hydrogens is 351 g/mol. The van der Waals surface area contributed by atoms with Gasteiger partial charge in [0.05, 0.1) is 72.0 Å². The molecular formula is C14H24F3NO7. The Balaban J connectivity index is 1.81. The second kappa shape index (κ2) is 12.4. The minimum atomic E-state index is -4.99. The molecule has 148 valence electrons. The third-order valence-corrected chi connectivity index (χ3v) is 3.02. The van der Waals surface area contributed by atoms with Crippen molar-refractivity contribution in [2.45, 2.75) is 12.3 Å². The van der Waals surface area contributed by atoms with E-state index in [-0.39, 0.29) is 19.2 Å². The number of rotatable bonds is 14. The molecule has 0 aliphatic carbocycles. The number of alkyl halides is 3. The maximum atomic E-state index is 12.0. The van der Waals surface area contributed by atoms with Gasteiger partial charge in [0.25, 0.3) is 0 Å². The van der Waals surface area contributed by atoms with Crippen LogP contribution in [-0.4, -0.2) is 96.4 Å². The summed E-state index contributed by atoms with van der Waals surface area (Å²) in [5, 5.41) is 0.907. The molecule has 8 nitrogen and oxygen atoms in total. The van der Waals surface area contributed by atoms with Gasteiger partial charge >= 0.3 is 12.1 Å². The van der Waals surface area contributed by atoms with E-state index >= 15 is 0 Å². The number of hydrogen-bond acceptors (Lipinski definition) is 8. The molecule has 11 heteroatoms. The lowest BCUT2D eigenvalue weighted by molar-refractivity contribution is -0.269. The van der Waals surface area contributed by atoms with E-state index in [9.17, 15) is 18.0 Å². The topological polar surface area (TPSA) is 75.7 Å². The highest BCUT2D eigenvalue weighted by Gasteiger charge is 2.44. The number of carbonyl (C=O) groups excluding carboxylic acids is 1. The predicted molar refractivity (Wildman–Crippen MR) is 77.8 cm³/mol. The molecule has 0 aromatic rings. The lowest BCUT2D eigenvalue weighted by atomic mass is 10.2. The van der Waals surface area contributed by atoms with E-state index in [2.05, 4.69) is 4.84 Å². The number of methoxy groups -OCH3 is 1. The van der Waals surface area contributed by atoms with Gasteiger partial charge in [-0.25, -0.2) is 4.79 Å². The first-order valence-electron chi connectivity index (χ1n) is 7.81. The maximum Gasteiger partial charge on any atom is 0.492 e. The molecule has 25 heavy (non-hydrogen) atoms. The van der Waals surface area contributed by atoms with Crippen LogP contribution in [0.3, 0.4) is 0 Å². The van der Waals surface area contributed by atoms with E-state index in [0.717, 1.165) is 5.06 Å². The second-order valence-electron chi connectivity index (χ2n) is 5.05. The van der Waals surface area contributed by atoms with Gasteiger partial charge < -0.3 is 28.5 Å². The van der Waals surface area contributed by atoms with Crippen molar-refractivity contribution < 1.29 is 46.5 Å². The van der Waals surface area contributed by atoms with Crippen molar-refractivity contribution in [3.8, 4) is 0 Å². The van der Waals surface area contributed by atoms with Crippen molar-refractivity contribution >= 4 is 5.97 Å². The number of ether oxygens (including phenoxy) is 5. The first-order chi connectivity index (χ1) is 11.9. The van der Waals surface area contributed by atoms with Crippen LogP contribution < -0.4 is 0 Å². The molecule has 1 heterocycles. The zero-order valence-corrected chi connectivity index (χ0v) is 14.1. The Morgan fingerprint density at radius 2 is 1.40 bits per heavy atom. The molecule has 1 rings (SSSR count). The lowest BCUT2D eigenvalue weighted by Gasteiger charge is -2.36. The molecule has 0 aromatic carbocycles. The summed E-state index contributed by atoms with van der Waals surface area (Å²) in [6.45, 7) is 3.72. The van der Waals surface area contributed by atoms with Crippen LogP contribution >= 0.6 is 0 Å². The van der Waals surface area contributed by atoms with Gasteiger partial charge in [-0.05, 0) is 0 Å². The first kappa shape index (κ1) is 22.1. The predicted octanol–water partition coefficient (Wildman–Crippen LogP) is 0.404. The Labute approximate surface area is 144 Å². The van der Waals surface area contributed by atoms with Gasteiger partial charge in [0.15, 0.2) is 0 Å². The van der Waals surface area contributed by atoms with Gasteiger partial charge in [-0.3, -0.25) is 0 Å². The van der Waals surface area contributed by atoms with Crippen LogP contribution in [-0.2, 0) is 33.3 Å². The van der Waals surface area contributed by atoms with E-state index in [0.29, 0.717) is 52.9 Å². The molecule has 0 spiro atoms. The average molecular weight is 375 g/mol. The fourth-order valence-corrected chi connectivity index (χ4v) is 1.71. The van der Waals surface area contributed by atoms with Gasteiger partial charge in [-0.15, -0.1) is 5.06 Å². The molecule has 1 aliphatic rings. The number of nitrogens with zero attached hydrogens (tertiary/aromatic N) is 1. The summed E-state index contributed by atoms with van der Waals surface area (Å²) in [6.07, 6.45) is -5.26. The van der Waals surface area contributed by atoms with E-state index in [4.69, 9.17) is 23.7 Å². The molecule has 0 aromatic heterocycles.